The van der Waals surface area contributed by atoms with Gasteiger partial charge in [0.25, 0.3) is 0 Å². The first-order chi connectivity index (χ1) is 8.41. The van der Waals surface area contributed by atoms with Gasteiger partial charge in [0.15, 0.2) is 5.69 Å². The van der Waals surface area contributed by atoms with E-state index in [-0.39, 0.29) is 11.4 Å². The molecule has 0 aliphatic heterocycles. The van der Waals surface area contributed by atoms with Gasteiger partial charge in [0.05, 0.1) is 10.2 Å². The molecule has 2 rings (SSSR count). The zero-order chi connectivity index (χ0) is 13.4. The topological polar surface area (TPSA) is 75.3 Å². The molecule has 1 aromatic carbocycles. The highest BCUT2D eigenvalue weighted by molar-refractivity contribution is 9.10. The molecule has 5 nitrogen and oxygen atoms in total. The number of carboxylic acid groups (broad SMARTS) is 1. The van der Waals surface area contributed by atoms with Crippen LogP contribution in [0.4, 0.5) is 0 Å². The standard InChI is InChI=1S/C12H11BrN2O3/c1-6-3-4-7(10(13)11(6)16)9-5-8(12(17)18)14-15(9)2/h3-5,16H,1-2H3,(H,17,18). The molecule has 2 N–H and O–H groups in total. The molecule has 1 heterocycles. The Morgan fingerprint density at radius 1 is 1.44 bits per heavy atom. The molecule has 0 spiro atoms. The molecule has 6 heteroatoms. The van der Waals surface area contributed by atoms with Crippen LogP contribution < -0.4 is 0 Å². The Morgan fingerprint density at radius 3 is 2.67 bits per heavy atom. The SMILES string of the molecule is Cc1ccc(-c2cc(C(=O)O)nn2C)c(Br)c1O. The van der Waals surface area contributed by atoms with Crippen LogP contribution in [-0.2, 0) is 7.05 Å². The number of phenolic OH excluding ortho intramolecular Hbond substituents is 1. The maximum atomic E-state index is 10.9. The van der Waals surface area contributed by atoms with E-state index in [1.54, 1.807) is 20.0 Å². The van der Waals surface area contributed by atoms with E-state index in [9.17, 15) is 9.90 Å². The van der Waals surface area contributed by atoms with E-state index in [2.05, 4.69) is 21.0 Å². The second-order valence-electron chi connectivity index (χ2n) is 3.94. The molecule has 0 radical (unpaired) electrons. The second-order valence-corrected chi connectivity index (χ2v) is 4.73. The Bertz CT molecular complexity index is 634. The van der Waals surface area contributed by atoms with E-state index < -0.39 is 5.97 Å². The highest BCUT2D eigenvalue weighted by Crippen LogP contribution is 2.37. The molecule has 0 saturated heterocycles. The Kier molecular flexibility index (Phi) is 3.13. The highest BCUT2D eigenvalue weighted by Gasteiger charge is 2.16. The lowest BCUT2D eigenvalue weighted by molar-refractivity contribution is 0.0689. The van der Waals surface area contributed by atoms with Crippen LogP contribution in [0.3, 0.4) is 0 Å². The zero-order valence-electron chi connectivity index (χ0n) is 9.81. The Labute approximate surface area is 112 Å². The number of rotatable bonds is 2. The van der Waals surface area contributed by atoms with Crippen molar-refractivity contribution >= 4 is 21.9 Å². The number of aromatic hydroxyl groups is 1. The molecular formula is C12H11BrN2O3. The number of aryl methyl sites for hydroxylation is 2. The third-order valence-corrected chi connectivity index (χ3v) is 3.50. The molecule has 0 atom stereocenters. The molecular weight excluding hydrogens is 300 g/mol. The molecule has 2 aromatic rings. The lowest BCUT2D eigenvalue weighted by atomic mass is 10.1. The van der Waals surface area contributed by atoms with E-state index >= 15 is 0 Å². The van der Waals surface area contributed by atoms with E-state index in [1.807, 2.05) is 6.07 Å². The van der Waals surface area contributed by atoms with Crippen molar-refractivity contribution in [2.75, 3.05) is 0 Å². The monoisotopic (exact) mass is 310 g/mol. The number of nitrogens with zero attached hydrogens (tertiary/aromatic N) is 2. The molecule has 18 heavy (non-hydrogen) atoms. The maximum absolute atomic E-state index is 10.9. The number of hydrogen-bond donors (Lipinski definition) is 2. The Balaban J connectivity index is 2.62. The van der Waals surface area contributed by atoms with Crippen molar-refractivity contribution in [2.24, 2.45) is 7.05 Å². The van der Waals surface area contributed by atoms with Crippen molar-refractivity contribution in [3.8, 4) is 17.0 Å². The van der Waals surface area contributed by atoms with Crippen molar-refractivity contribution in [3.63, 3.8) is 0 Å². The predicted molar refractivity (Wildman–Crippen MR) is 69.7 cm³/mol. The zero-order valence-corrected chi connectivity index (χ0v) is 11.4. The summed E-state index contributed by atoms with van der Waals surface area (Å²) in [4.78, 5) is 10.9. The first-order valence-corrected chi connectivity index (χ1v) is 5.97. The summed E-state index contributed by atoms with van der Waals surface area (Å²) < 4.78 is 2.00. The van der Waals surface area contributed by atoms with Crippen molar-refractivity contribution in [1.82, 2.24) is 9.78 Å². The first kappa shape index (κ1) is 12.6. The third-order valence-electron chi connectivity index (χ3n) is 2.69. The number of aromatic carboxylic acids is 1. The lowest BCUT2D eigenvalue weighted by Gasteiger charge is -2.08. The molecule has 0 aliphatic carbocycles. The van der Waals surface area contributed by atoms with Gasteiger partial charge in [-0.1, -0.05) is 12.1 Å². The predicted octanol–water partition coefficient (Wildman–Crippen LogP) is 2.56. The number of hydrogen-bond acceptors (Lipinski definition) is 3. The van der Waals surface area contributed by atoms with Gasteiger partial charge in [0.2, 0.25) is 0 Å². The number of carbonyl (C=O) groups is 1. The molecule has 0 unspecified atom stereocenters. The van der Waals surface area contributed by atoms with Crippen molar-refractivity contribution in [1.29, 1.82) is 0 Å². The van der Waals surface area contributed by atoms with Crippen LogP contribution in [0, 0.1) is 6.92 Å². The molecule has 0 saturated carbocycles. The smallest absolute Gasteiger partial charge is 0.356 e. The van der Waals surface area contributed by atoms with Gasteiger partial charge in [-0.25, -0.2) is 4.79 Å². The van der Waals surface area contributed by atoms with Gasteiger partial charge in [-0.2, -0.15) is 5.10 Å². The minimum absolute atomic E-state index is 0.0283. The number of phenols is 1. The summed E-state index contributed by atoms with van der Waals surface area (Å²) >= 11 is 3.31. The van der Waals surface area contributed by atoms with Crippen LogP contribution in [0.15, 0.2) is 22.7 Å². The summed E-state index contributed by atoms with van der Waals surface area (Å²) in [6, 6.07) is 5.04. The van der Waals surface area contributed by atoms with Crippen molar-refractivity contribution in [3.05, 3.63) is 33.9 Å². The fourth-order valence-corrected chi connectivity index (χ4v) is 2.33. The van der Waals surface area contributed by atoms with Gasteiger partial charge >= 0.3 is 5.97 Å². The minimum atomic E-state index is -1.08. The Hall–Kier alpha value is -1.82. The molecule has 1 aromatic heterocycles. The molecule has 0 aliphatic rings. The van der Waals surface area contributed by atoms with Crippen LogP contribution in [0.2, 0.25) is 0 Å². The van der Waals surface area contributed by atoms with Gasteiger partial charge in [-0.05, 0) is 34.5 Å². The summed E-state index contributed by atoms with van der Waals surface area (Å²) in [6.45, 7) is 1.79. The van der Waals surface area contributed by atoms with Crippen LogP contribution in [-0.4, -0.2) is 26.0 Å². The Morgan fingerprint density at radius 2 is 2.11 bits per heavy atom. The van der Waals surface area contributed by atoms with E-state index in [1.165, 1.54) is 10.7 Å². The summed E-state index contributed by atoms with van der Waals surface area (Å²) in [5.74, 6) is -0.935. The van der Waals surface area contributed by atoms with Crippen molar-refractivity contribution in [2.45, 2.75) is 6.92 Å². The number of carboxylic acids is 1. The van der Waals surface area contributed by atoms with Crippen LogP contribution in [0.25, 0.3) is 11.3 Å². The molecule has 0 fully saturated rings. The fraction of sp³-hybridized carbons (Fsp3) is 0.167. The summed E-state index contributed by atoms with van der Waals surface area (Å²) in [5, 5.41) is 22.7. The van der Waals surface area contributed by atoms with E-state index in [0.29, 0.717) is 15.7 Å². The average Bonchev–Trinajstić information content (AvgIpc) is 2.69. The average molecular weight is 311 g/mol. The number of aromatic nitrogens is 2. The van der Waals surface area contributed by atoms with Gasteiger partial charge in [0, 0.05) is 12.6 Å². The number of halogens is 1. The molecule has 0 amide bonds. The van der Waals surface area contributed by atoms with Crippen molar-refractivity contribution < 1.29 is 15.0 Å². The number of benzene rings is 1. The largest absolute Gasteiger partial charge is 0.506 e. The summed E-state index contributed by atoms with van der Waals surface area (Å²) in [6.07, 6.45) is 0. The third kappa shape index (κ3) is 1.99. The van der Waals surface area contributed by atoms with Crippen LogP contribution >= 0.6 is 15.9 Å². The quantitative estimate of drug-likeness (QED) is 0.894. The van der Waals surface area contributed by atoms with Crippen LogP contribution in [0.1, 0.15) is 16.1 Å². The fourth-order valence-electron chi connectivity index (χ4n) is 1.68. The van der Waals surface area contributed by atoms with E-state index in [0.717, 1.165) is 5.56 Å². The highest BCUT2D eigenvalue weighted by atomic mass is 79.9. The summed E-state index contributed by atoms with van der Waals surface area (Å²) in [7, 11) is 1.66. The second kappa shape index (κ2) is 4.45. The molecule has 94 valence electrons. The minimum Gasteiger partial charge on any atom is -0.506 e. The van der Waals surface area contributed by atoms with Gasteiger partial charge in [-0.15, -0.1) is 0 Å². The maximum Gasteiger partial charge on any atom is 0.356 e. The van der Waals surface area contributed by atoms with Gasteiger partial charge < -0.3 is 10.2 Å². The normalized spacial score (nSPS) is 10.6. The van der Waals surface area contributed by atoms with Crippen LogP contribution in [0.5, 0.6) is 5.75 Å². The van der Waals surface area contributed by atoms with E-state index in [4.69, 9.17) is 5.11 Å². The summed E-state index contributed by atoms with van der Waals surface area (Å²) in [5.41, 5.74) is 2.03. The molecule has 0 bridgehead atoms. The van der Waals surface area contributed by atoms with Gasteiger partial charge in [0.1, 0.15) is 5.75 Å². The first-order valence-electron chi connectivity index (χ1n) is 5.17. The lowest BCUT2D eigenvalue weighted by Crippen LogP contribution is -1.99. The van der Waals surface area contributed by atoms with Gasteiger partial charge in [-0.3, -0.25) is 4.68 Å².